The predicted octanol–water partition coefficient (Wildman–Crippen LogP) is 3.77. The van der Waals surface area contributed by atoms with Crippen molar-refractivity contribution in [3.63, 3.8) is 0 Å². The first kappa shape index (κ1) is 19.3. The summed E-state index contributed by atoms with van der Waals surface area (Å²) in [5, 5.41) is -1.65. The quantitative estimate of drug-likeness (QED) is 0.246. The van der Waals surface area contributed by atoms with E-state index in [0.29, 0.717) is 4.90 Å². The normalized spacial score (nSPS) is 14.6. The minimum Gasteiger partial charge on any atom is -0.319 e. The number of nitrogens with zero attached hydrogens (tertiary/aromatic N) is 2. The zero-order valence-electron chi connectivity index (χ0n) is 12.0. The van der Waals surface area contributed by atoms with E-state index in [1.54, 1.807) is 13.8 Å². The highest BCUT2D eigenvalue weighted by atomic mass is 31.2. The lowest BCUT2D eigenvalue weighted by atomic mass is 10.3. The van der Waals surface area contributed by atoms with E-state index in [0.717, 1.165) is 7.05 Å². The average Bonchev–Trinajstić information content (AvgIpc) is 2.26. The first-order chi connectivity index (χ1) is 8.91. The summed E-state index contributed by atoms with van der Waals surface area (Å²) in [6.45, 7) is 5.61. The second-order valence-corrected chi connectivity index (χ2v) is 6.84. The lowest BCUT2D eigenvalue weighted by molar-refractivity contribution is -0.121. The molecule has 0 N–H and O–H groups in total. The van der Waals surface area contributed by atoms with Crippen LogP contribution in [0.15, 0.2) is 4.99 Å². The van der Waals surface area contributed by atoms with Crippen LogP contribution in [0.5, 0.6) is 0 Å². The van der Waals surface area contributed by atoms with Crippen molar-refractivity contribution in [2.75, 3.05) is 20.3 Å². The van der Waals surface area contributed by atoms with Crippen LogP contribution in [-0.2, 0) is 13.6 Å². The monoisotopic (exact) mass is 322 g/mol. The number of hydrogen-bond acceptors (Lipinski definition) is 4. The molecule has 120 valence electrons. The lowest BCUT2D eigenvalue weighted by Crippen LogP contribution is -2.44. The molecule has 0 amide bonds. The third-order valence-electron chi connectivity index (χ3n) is 2.58. The molecule has 0 aliphatic carbocycles. The number of rotatable bonds is 6. The van der Waals surface area contributed by atoms with Crippen LogP contribution in [0.1, 0.15) is 27.7 Å². The molecule has 0 aromatic rings. The highest BCUT2D eigenvalue weighted by molar-refractivity contribution is 7.55. The minimum atomic E-state index is -5.06. The van der Waals surface area contributed by atoms with Gasteiger partial charge in [0.2, 0.25) is 0 Å². The summed E-state index contributed by atoms with van der Waals surface area (Å²) in [5.74, 6) is 0. The van der Waals surface area contributed by atoms with E-state index in [1.807, 2.05) is 4.99 Å². The van der Waals surface area contributed by atoms with Crippen LogP contribution in [0.4, 0.5) is 17.6 Å². The molecular weight excluding hydrogens is 303 g/mol. The van der Waals surface area contributed by atoms with Gasteiger partial charge in [0, 0.05) is 7.05 Å². The molecule has 0 radical (unpaired) electrons. The van der Waals surface area contributed by atoms with Crippen LogP contribution in [-0.4, -0.2) is 42.8 Å². The van der Waals surface area contributed by atoms with Gasteiger partial charge in [-0.2, -0.15) is 4.39 Å². The maximum Gasteiger partial charge on any atom is 0.506 e. The van der Waals surface area contributed by atoms with Crippen molar-refractivity contribution in [2.45, 2.75) is 39.3 Å². The van der Waals surface area contributed by atoms with Crippen molar-refractivity contribution in [3.8, 4) is 0 Å². The van der Waals surface area contributed by atoms with Crippen molar-refractivity contribution >= 4 is 13.7 Å². The van der Waals surface area contributed by atoms with Crippen LogP contribution in [0.3, 0.4) is 0 Å². The standard InChI is InChI=1S/C10H19F4N2O3P/c1-6-18-20(17,19-7-2)9(3,4)16(5)8(11)15-10(12,13)14/h6-7H2,1-5H3/b15-8+. The number of halogens is 4. The molecule has 0 saturated heterocycles. The maximum absolute atomic E-state index is 13.5. The fourth-order valence-electron chi connectivity index (χ4n) is 1.28. The molecule has 0 saturated carbocycles. The van der Waals surface area contributed by atoms with Gasteiger partial charge >= 0.3 is 13.9 Å². The SMILES string of the molecule is CCOP(=O)(OCC)C(C)(C)N(C)/C(F)=N/C(F)(F)F. The van der Waals surface area contributed by atoms with Crippen molar-refractivity contribution in [3.05, 3.63) is 0 Å². The summed E-state index contributed by atoms with van der Waals surface area (Å²) < 4.78 is 72.3. The Bertz CT molecular complexity index is 388. The van der Waals surface area contributed by atoms with Gasteiger partial charge in [-0.3, -0.25) is 4.57 Å². The third-order valence-corrected chi connectivity index (χ3v) is 5.42. The van der Waals surface area contributed by atoms with E-state index in [-0.39, 0.29) is 13.2 Å². The van der Waals surface area contributed by atoms with Crippen LogP contribution in [0, 0.1) is 0 Å². The Morgan fingerprint density at radius 2 is 1.60 bits per heavy atom. The van der Waals surface area contributed by atoms with E-state index >= 15 is 0 Å². The number of alkyl halides is 3. The minimum absolute atomic E-state index is 0.00653. The van der Waals surface area contributed by atoms with Gasteiger partial charge in [0.1, 0.15) is 5.28 Å². The topological polar surface area (TPSA) is 51.1 Å². The summed E-state index contributed by atoms with van der Waals surface area (Å²) >= 11 is 0. The van der Waals surface area contributed by atoms with Crippen molar-refractivity contribution in [2.24, 2.45) is 4.99 Å². The van der Waals surface area contributed by atoms with Crippen molar-refractivity contribution < 1.29 is 31.2 Å². The summed E-state index contributed by atoms with van der Waals surface area (Å²) in [7, 11) is -2.86. The van der Waals surface area contributed by atoms with Crippen molar-refractivity contribution in [1.82, 2.24) is 4.90 Å². The van der Waals surface area contributed by atoms with Crippen LogP contribution in [0.25, 0.3) is 0 Å². The Hall–Kier alpha value is -0.660. The van der Waals surface area contributed by atoms with Gasteiger partial charge < -0.3 is 13.9 Å². The maximum atomic E-state index is 13.5. The highest BCUT2D eigenvalue weighted by Crippen LogP contribution is 2.60. The first-order valence-electron chi connectivity index (χ1n) is 5.86. The molecule has 0 atom stereocenters. The van der Waals surface area contributed by atoms with Gasteiger partial charge in [0.25, 0.3) is 6.09 Å². The Morgan fingerprint density at radius 1 is 1.20 bits per heavy atom. The first-order valence-corrected chi connectivity index (χ1v) is 7.40. The molecule has 0 aromatic heterocycles. The second kappa shape index (κ2) is 6.87. The molecule has 0 heterocycles. The van der Waals surface area contributed by atoms with Crippen LogP contribution >= 0.6 is 7.60 Å². The number of hydrogen-bond donors (Lipinski definition) is 0. The molecule has 5 nitrogen and oxygen atoms in total. The predicted molar refractivity (Wildman–Crippen MR) is 67.3 cm³/mol. The van der Waals surface area contributed by atoms with E-state index < -0.39 is 25.3 Å². The molecule has 0 bridgehead atoms. The second-order valence-electron chi connectivity index (χ2n) is 4.24. The van der Waals surface area contributed by atoms with E-state index in [2.05, 4.69) is 0 Å². The molecule has 0 aliphatic rings. The summed E-state index contributed by atoms with van der Waals surface area (Å²) in [5.41, 5.74) is 0. The lowest BCUT2D eigenvalue weighted by Gasteiger charge is -2.39. The molecule has 0 rings (SSSR count). The fourth-order valence-corrected chi connectivity index (χ4v) is 3.12. The fraction of sp³-hybridized carbons (Fsp3) is 0.900. The van der Waals surface area contributed by atoms with Gasteiger partial charge in [-0.25, -0.2) is 0 Å². The Kier molecular flexibility index (Phi) is 6.64. The van der Waals surface area contributed by atoms with Crippen molar-refractivity contribution in [1.29, 1.82) is 0 Å². The van der Waals surface area contributed by atoms with E-state index in [9.17, 15) is 22.1 Å². The van der Waals surface area contributed by atoms with Gasteiger partial charge in [-0.15, -0.1) is 18.2 Å². The van der Waals surface area contributed by atoms with Gasteiger partial charge in [0.05, 0.1) is 13.2 Å². The third kappa shape index (κ3) is 4.71. The van der Waals surface area contributed by atoms with E-state index in [1.165, 1.54) is 13.8 Å². The molecule has 0 spiro atoms. The molecule has 20 heavy (non-hydrogen) atoms. The Morgan fingerprint density at radius 3 is 1.90 bits per heavy atom. The molecule has 0 aliphatic heterocycles. The van der Waals surface area contributed by atoms with Gasteiger partial charge in [-0.05, 0) is 27.7 Å². The Labute approximate surface area is 115 Å². The molecule has 0 aromatic carbocycles. The zero-order valence-corrected chi connectivity index (χ0v) is 12.9. The van der Waals surface area contributed by atoms with E-state index in [4.69, 9.17) is 9.05 Å². The van der Waals surface area contributed by atoms with Crippen LogP contribution in [0.2, 0.25) is 0 Å². The van der Waals surface area contributed by atoms with Gasteiger partial charge in [-0.1, -0.05) is 0 Å². The molecular formula is C10H19F4N2O3P. The summed E-state index contributed by atoms with van der Waals surface area (Å²) in [6.07, 6.45) is -6.88. The summed E-state index contributed by atoms with van der Waals surface area (Å²) in [4.78, 5) is 2.45. The zero-order chi connectivity index (χ0) is 16.2. The summed E-state index contributed by atoms with van der Waals surface area (Å²) in [6, 6.07) is 0. The van der Waals surface area contributed by atoms with Crippen LogP contribution < -0.4 is 0 Å². The average molecular weight is 322 g/mol. The molecule has 0 unspecified atom stereocenters. The Balaban J connectivity index is 5.48. The smallest absolute Gasteiger partial charge is 0.319 e. The molecule has 10 heteroatoms. The number of aliphatic imine (C=N–C) groups is 1. The number of amidine groups is 1. The molecule has 0 fully saturated rings. The largest absolute Gasteiger partial charge is 0.506 e. The van der Waals surface area contributed by atoms with Gasteiger partial charge in [0.15, 0.2) is 0 Å². The highest BCUT2D eigenvalue weighted by Gasteiger charge is 2.48.